The van der Waals surface area contributed by atoms with E-state index in [-0.39, 0.29) is 6.04 Å². The molecular formula is C9H11BrN2S. The third-order valence-electron chi connectivity index (χ3n) is 1.62. The zero-order chi connectivity index (χ0) is 9.68. The highest BCUT2D eigenvalue weighted by Crippen LogP contribution is 2.24. The van der Waals surface area contributed by atoms with Gasteiger partial charge in [-0.05, 0) is 22.0 Å². The summed E-state index contributed by atoms with van der Waals surface area (Å²) < 4.78 is 1.09. The van der Waals surface area contributed by atoms with Crippen LogP contribution in [0.3, 0.4) is 0 Å². The number of hydrogen-bond acceptors (Lipinski definition) is 3. The number of halogens is 1. The van der Waals surface area contributed by atoms with Gasteiger partial charge >= 0.3 is 0 Å². The lowest BCUT2D eigenvalue weighted by molar-refractivity contribution is 0.591. The molecule has 0 saturated heterocycles. The molecule has 1 aromatic heterocycles. The predicted octanol–water partition coefficient (Wildman–Crippen LogP) is 1.73. The molecule has 0 amide bonds. The fraction of sp³-hybridized carbons (Fsp3) is 0.333. The van der Waals surface area contributed by atoms with Crippen molar-refractivity contribution in [2.24, 2.45) is 5.73 Å². The summed E-state index contributed by atoms with van der Waals surface area (Å²) in [6, 6.07) is 2.23. The Morgan fingerprint density at radius 1 is 1.77 bits per heavy atom. The lowest BCUT2D eigenvalue weighted by Gasteiger charge is -2.12. The molecular weight excluding hydrogens is 248 g/mol. The molecule has 70 valence electrons. The number of nitrogens with one attached hydrogen (secondary N) is 1. The molecule has 0 aliphatic carbocycles. The first-order valence-corrected chi connectivity index (χ1v) is 5.56. The maximum absolute atomic E-state index is 5.62. The Kier molecular flexibility index (Phi) is 4.46. The van der Waals surface area contributed by atoms with E-state index in [1.54, 1.807) is 11.3 Å². The van der Waals surface area contributed by atoms with Gasteiger partial charge < -0.3 is 5.73 Å². The highest BCUT2D eigenvalue weighted by Gasteiger charge is 2.09. The second kappa shape index (κ2) is 5.40. The average molecular weight is 259 g/mol. The minimum Gasteiger partial charge on any atom is -0.329 e. The molecule has 0 aliphatic heterocycles. The molecule has 1 rings (SSSR count). The Hall–Kier alpha value is -0.340. The summed E-state index contributed by atoms with van der Waals surface area (Å²) in [5.41, 5.74) is 5.62. The van der Waals surface area contributed by atoms with Crippen molar-refractivity contribution >= 4 is 27.3 Å². The summed E-state index contributed by atoms with van der Waals surface area (Å²) in [4.78, 5) is 1.21. The molecule has 1 heterocycles. The van der Waals surface area contributed by atoms with Gasteiger partial charge in [0.05, 0.1) is 12.6 Å². The zero-order valence-corrected chi connectivity index (χ0v) is 9.49. The predicted molar refractivity (Wildman–Crippen MR) is 60.7 cm³/mol. The quantitative estimate of drug-likeness (QED) is 0.808. The first kappa shape index (κ1) is 10.7. The van der Waals surface area contributed by atoms with E-state index in [0.717, 1.165) is 4.47 Å². The van der Waals surface area contributed by atoms with E-state index in [1.807, 2.05) is 5.38 Å². The Bertz CT molecular complexity index is 303. The molecule has 13 heavy (non-hydrogen) atoms. The van der Waals surface area contributed by atoms with Crippen molar-refractivity contribution < 1.29 is 0 Å². The van der Waals surface area contributed by atoms with Crippen molar-refractivity contribution in [2.45, 2.75) is 6.04 Å². The lowest BCUT2D eigenvalue weighted by Crippen LogP contribution is -2.27. The van der Waals surface area contributed by atoms with Gasteiger partial charge in [0, 0.05) is 21.3 Å². The van der Waals surface area contributed by atoms with Crippen LogP contribution in [0.4, 0.5) is 0 Å². The van der Waals surface area contributed by atoms with Crippen LogP contribution in [0.25, 0.3) is 0 Å². The van der Waals surface area contributed by atoms with Gasteiger partial charge in [-0.25, -0.2) is 0 Å². The molecule has 3 N–H and O–H groups in total. The maximum Gasteiger partial charge on any atom is 0.0579 e. The van der Waals surface area contributed by atoms with Crippen LogP contribution in [-0.2, 0) is 0 Å². The molecule has 0 bridgehead atoms. The second-order valence-electron chi connectivity index (χ2n) is 2.54. The first-order valence-electron chi connectivity index (χ1n) is 3.88. The van der Waals surface area contributed by atoms with E-state index in [0.29, 0.717) is 13.1 Å². The first-order chi connectivity index (χ1) is 6.27. The van der Waals surface area contributed by atoms with E-state index in [4.69, 9.17) is 12.2 Å². The molecule has 0 radical (unpaired) electrons. The molecule has 0 aliphatic rings. The topological polar surface area (TPSA) is 38.0 Å². The summed E-state index contributed by atoms with van der Waals surface area (Å²) in [5.74, 6) is 2.54. The van der Waals surface area contributed by atoms with Gasteiger partial charge in [0.25, 0.3) is 0 Å². The molecule has 1 unspecified atom stereocenters. The van der Waals surface area contributed by atoms with Crippen molar-refractivity contribution in [3.8, 4) is 12.3 Å². The van der Waals surface area contributed by atoms with E-state index in [2.05, 4.69) is 33.2 Å². The SMILES string of the molecule is C#CCNC(CN)c1cc(Br)cs1. The minimum absolute atomic E-state index is 0.173. The van der Waals surface area contributed by atoms with Crippen LogP contribution in [0.1, 0.15) is 10.9 Å². The van der Waals surface area contributed by atoms with Crippen molar-refractivity contribution in [1.82, 2.24) is 5.32 Å². The molecule has 0 aromatic carbocycles. The Morgan fingerprint density at radius 3 is 3.00 bits per heavy atom. The molecule has 4 heteroatoms. The summed E-state index contributed by atoms with van der Waals surface area (Å²) in [6.07, 6.45) is 5.16. The third kappa shape index (κ3) is 3.12. The van der Waals surface area contributed by atoms with Crippen LogP contribution < -0.4 is 11.1 Å². The normalized spacial score (nSPS) is 12.4. The van der Waals surface area contributed by atoms with Crippen LogP contribution in [0.2, 0.25) is 0 Å². The smallest absolute Gasteiger partial charge is 0.0579 e. The molecule has 2 nitrogen and oxygen atoms in total. The van der Waals surface area contributed by atoms with Crippen molar-refractivity contribution in [3.05, 3.63) is 20.8 Å². The average Bonchev–Trinajstić information content (AvgIpc) is 2.54. The van der Waals surface area contributed by atoms with Gasteiger partial charge in [-0.3, -0.25) is 5.32 Å². The van der Waals surface area contributed by atoms with E-state index in [1.165, 1.54) is 4.88 Å². The molecule has 1 atom stereocenters. The van der Waals surface area contributed by atoms with Crippen molar-refractivity contribution in [2.75, 3.05) is 13.1 Å². The van der Waals surface area contributed by atoms with Crippen LogP contribution in [0.5, 0.6) is 0 Å². The van der Waals surface area contributed by atoms with E-state index >= 15 is 0 Å². The van der Waals surface area contributed by atoms with Gasteiger partial charge in [0.2, 0.25) is 0 Å². The summed E-state index contributed by atoms with van der Waals surface area (Å²) in [7, 11) is 0. The number of nitrogens with two attached hydrogens (primary N) is 1. The highest BCUT2D eigenvalue weighted by molar-refractivity contribution is 9.10. The second-order valence-corrected chi connectivity index (χ2v) is 4.40. The van der Waals surface area contributed by atoms with Crippen LogP contribution in [-0.4, -0.2) is 13.1 Å². The van der Waals surface area contributed by atoms with Crippen LogP contribution in [0.15, 0.2) is 15.9 Å². The van der Waals surface area contributed by atoms with Gasteiger partial charge in [-0.2, -0.15) is 0 Å². The van der Waals surface area contributed by atoms with E-state index < -0.39 is 0 Å². The van der Waals surface area contributed by atoms with Gasteiger partial charge in [0.1, 0.15) is 0 Å². The van der Waals surface area contributed by atoms with Crippen LogP contribution >= 0.6 is 27.3 Å². The summed E-state index contributed by atoms with van der Waals surface area (Å²) >= 11 is 5.07. The molecule has 0 spiro atoms. The Balaban J connectivity index is 2.62. The zero-order valence-electron chi connectivity index (χ0n) is 7.09. The number of rotatable bonds is 4. The summed E-state index contributed by atoms with van der Waals surface area (Å²) in [5, 5.41) is 5.21. The van der Waals surface area contributed by atoms with Gasteiger partial charge in [0.15, 0.2) is 0 Å². The standard InChI is InChI=1S/C9H11BrN2S/c1-2-3-12-8(5-11)9-4-7(10)6-13-9/h1,4,6,8,12H,3,5,11H2. The third-order valence-corrected chi connectivity index (χ3v) is 3.42. The number of terminal acetylenes is 1. The maximum atomic E-state index is 5.62. The van der Waals surface area contributed by atoms with Crippen LogP contribution in [0, 0.1) is 12.3 Å². The molecule has 1 aromatic rings. The Morgan fingerprint density at radius 2 is 2.54 bits per heavy atom. The van der Waals surface area contributed by atoms with Gasteiger partial charge in [-0.1, -0.05) is 5.92 Å². The largest absolute Gasteiger partial charge is 0.329 e. The lowest BCUT2D eigenvalue weighted by atomic mass is 10.2. The fourth-order valence-corrected chi connectivity index (χ4v) is 2.53. The van der Waals surface area contributed by atoms with E-state index in [9.17, 15) is 0 Å². The monoisotopic (exact) mass is 258 g/mol. The molecule has 0 fully saturated rings. The minimum atomic E-state index is 0.173. The summed E-state index contributed by atoms with van der Waals surface area (Å²) in [6.45, 7) is 1.12. The van der Waals surface area contributed by atoms with Crippen molar-refractivity contribution in [1.29, 1.82) is 0 Å². The number of thiophene rings is 1. The Labute approximate surface area is 90.7 Å². The highest BCUT2D eigenvalue weighted by atomic mass is 79.9. The van der Waals surface area contributed by atoms with Crippen molar-refractivity contribution in [3.63, 3.8) is 0 Å². The molecule has 0 saturated carbocycles. The number of hydrogen-bond donors (Lipinski definition) is 2. The fourth-order valence-electron chi connectivity index (χ4n) is 0.993. The van der Waals surface area contributed by atoms with Gasteiger partial charge in [-0.15, -0.1) is 17.8 Å².